The Morgan fingerprint density at radius 2 is 2.07 bits per heavy atom. The highest BCUT2D eigenvalue weighted by Gasteiger charge is 2.20. The van der Waals surface area contributed by atoms with Crippen LogP contribution in [-0.4, -0.2) is 70.5 Å². The molecule has 1 aromatic heterocycles. The van der Waals surface area contributed by atoms with Crippen LogP contribution >= 0.6 is 11.6 Å². The number of carbonyl (C=O) groups is 1. The number of halogens is 1. The Kier molecular flexibility index (Phi) is 8.09. The molecule has 1 N–H and O–H groups in total. The molecule has 1 saturated heterocycles. The van der Waals surface area contributed by atoms with Crippen molar-refractivity contribution >= 4 is 23.5 Å². The Morgan fingerprint density at radius 1 is 1.27 bits per heavy atom. The number of aromatic nitrogens is 4. The molecule has 1 aliphatic heterocycles. The summed E-state index contributed by atoms with van der Waals surface area (Å²) in [5, 5.41) is 15.2. The Hall–Kier alpha value is -2.59. The molecule has 0 saturated carbocycles. The lowest BCUT2D eigenvalue weighted by molar-refractivity contribution is -0.137. The fourth-order valence-corrected chi connectivity index (χ4v) is 3.33. The zero-order valence-electron chi connectivity index (χ0n) is 17.3. The maximum absolute atomic E-state index is 12.4. The minimum absolute atomic E-state index is 0.106. The second-order valence-electron chi connectivity index (χ2n) is 6.70. The van der Waals surface area contributed by atoms with Crippen molar-refractivity contribution in [1.82, 2.24) is 25.1 Å². The number of rotatable bonds is 10. The molecule has 10 nitrogen and oxygen atoms in total. The molecule has 1 aromatic carbocycles. The van der Waals surface area contributed by atoms with Crippen molar-refractivity contribution in [3.63, 3.8) is 0 Å². The molecule has 0 spiro atoms. The molecule has 2 aromatic rings. The Labute approximate surface area is 180 Å². The van der Waals surface area contributed by atoms with Crippen molar-refractivity contribution < 1.29 is 19.0 Å². The van der Waals surface area contributed by atoms with Gasteiger partial charge >= 0.3 is 0 Å². The summed E-state index contributed by atoms with van der Waals surface area (Å²) in [7, 11) is 0. The summed E-state index contributed by atoms with van der Waals surface area (Å²) < 4.78 is 18.4. The number of nitrogens with one attached hydrogen (secondary N) is 1. The van der Waals surface area contributed by atoms with Crippen LogP contribution in [0.1, 0.15) is 25.8 Å². The maximum Gasteiger partial charge on any atom is 0.260 e. The molecule has 0 aliphatic carbocycles. The van der Waals surface area contributed by atoms with Gasteiger partial charge in [0.2, 0.25) is 5.95 Å². The van der Waals surface area contributed by atoms with Gasteiger partial charge in [0.25, 0.3) is 5.91 Å². The molecule has 30 heavy (non-hydrogen) atoms. The van der Waals surface area contributed by atoms with Crippen LogP contribution in [0.5, 0.6) is 11.5 Å². The highest BCUT2D eigenvalue weighted by atomic mass is 35.5. The van der Waals surface area contributed by atoms with Crippen LogP contribution < -0.4 is 14.8 Å². The third-order valence-electron chi connectivity index (χ3n) is 4.49. The molecule has 0 unspecified atom stereocenters. The molecule has 1 amide bonds. The third-order valence-corrected chi connectivity index (χ3v) is 4.77. The van der Waals surface area contributed by atoms with E-state index in [4.69, 9.17) is 25.8 Å². The maximum atomic E-state index is 12.4. The van der Waals surface area contributed by atoms with Gasteiger partial charge in [0.1, 0.15) is 0 Å². The van der Waals surface area contributed by atoms with E-state index < -0.39 is 0 Å². The molecule has 3 rings (SSSR count). The van der Waals surface area contributed by atoms with Gasteiger partial charge in [-0.15, -0.1) is 0 Å². The van der Waals surface area contributed by atoms with Gasteiger partial charge in [0.05, 0.1) is 24.8 Å². The number of carbonyl (C=O) groups excluding carboxylic acids is 1. The highest BCUT2D eigenvalue weighted by Crippen LogP contribution is 2.37. The molecule has 0 atom stereocenters. The smallest absolute Gasteiger partial charge is 0.260 e. The van der Waals surface area contributed by atoms with Gasteiger partial charge in [-0.05, 0) is 41.5 Å². The van der Waals surface area contributed by atoms with Crippen molar-refractivity contribution in [2.24, 2.45) is 0 Å². The van der Waals surface area contributed by atoms with Crippen LogP contribution in [0.15, 0.2) is 12.1 Å². The average molecular weight is 439 g/mol. The van der Waals surface area contributed by atoms with Gasteiger partial charge in [0.15, 0.2) is 18.1 Å². The van der Waals surface area contributed by atoms with Gasteiger partial charge in [-0.25, -0.2) is 4.68 Å². The van der Waals surface area contributed by atoms with Crippen molar-refractivity contribution in [2.45, 2.75) is 33.4 Å². The Balaban J connectivity index is 1.67. The van der Waals surface area contributed by atoms with E-state index in [0.29, 0.717) is 61.9 Å². The average Bonchev–Trinajstić information content (AvgIpc) is 3.19. The number of aryl methyl sites for hydroxylation is 1. The van der Waals surface area contributed by atoms with Crippen LogP contribution in [0.25, 0.3) is 0 Å². The fourth-order valence-electron chi connectivity index (χ4n) is 3.04. The molecule has 0 radical (unpaired) electrons. The zero-order valence-corrected chi connectivity index (χ0v) is 18.0. The predicted molar refractivity (Wildman–Crippen MR) is 111 cm³/mol. The summed E-state index contributed by atoms with van der Waals surface area (Å²) in [6.45, 7) is 7.66. The summed E-state index contributed by atoms with van der Waals surface area (Å²) in [5.41, 5.74) is 0.876. The summed E-state index contributed by atoms with van der Waals surface area (Å²) in [4.78, 5) is 14.1. The van der Waals surface area contributed by atoms with Gasteiger partial charge in [-0.1, -0.05) is 23.6 Å². The molecule has 0 bridgehead atoms. The van der Waals surface area contributed by atoms with E-state index in [1.165, 1.54) is 0 Å². The van der Waals surface area contributed by atoms with Crippen molar-refractivity contribution in [3.05, 3.63) is 22.7 Å². The van der Waals surface area contributed by atoms with Crippen LogP contribution in [-0.2, 0) is 22.6 Å². The first-order valence-electron chi connectivity index (χ1n) is 10.1. The molecule has 2 heterocycles. The summed E-state index contributed by atoms with van der Waals surface area (Å²) in [5.74, 6) is 1.33. The number of hydrogen-bond donors (Lipinski definition) is 1. The molecule has 1 fully saturated rings. The molecule has 1 aliphatic rings. The largest absolute Gasteiger partial charge is 0.490 e. The second kappa shape index (κ2) is 11.0. The number of anilines is 1. The number of morpholine rings is 1. The fraction of sp³-hybridized carbons (Fsp3) is 0.579. The first kappa shape index (κ1) is 22.1. The topological polar surface area (TPSA) is 104 Å². The first-order valence-corrected chi connectivity index (χ1v) is 10.4. The van der Waals surface area contributed by atoms with Crippen LogP contribution in [0, 0.1) is 0 Å². The first-order chi connectivity index (χ1) is 14.6. The number of tetrazole rings is 1. The summed E-state index contributed by atoms with van der Waals surface area (Å²) >= 11 is 6.46. The van der Waals surface area contributed by atoms with Gasteiger partial charge in [-0.3, -0.25) is 4.79 Å². The third kappa shape index (κ3) is 5.73. The summed E-state index contributed by atoms with van der Waals surface area (Å²) in [6.07, 6.45) is 0.926. The number of nitrogens with zero attached hydrogens (tertiary/aromatic N) is 5. The van der Waals surface area contributed by atoms with E-state index in [1.807, 2.05) is 13.0 Å². The highest BCUT2D eigenvalue weighted by molar-refractivity contribution is 6.32. The lowest BCUT2D eigenvalue weighted by atomic mass is 10.2. The molecule has 11 heteroatoms. The number of amides is 1. The standard InChI is InChI=1S/C19H27ClN6O4/c1-3-5-26-19(22-23-24-26)21-12-14-10-15(20)18(16(11-14)29-4-2)30-13-17(27)25-6-8-28-9-7-25/h10-11H,3-9,12-13H2,1-2H3,(H,21,22,24). The monoisotopic (exact) mass is 438 g/mol. The van der Waals surface area contributed by atoms with Gasteiger partial charge in [-0.2, -0.15) is 0 Å². The minimum Gasteiger partial charge on any atom is -0.490 e. The quantitative estimate of drug-likeness (QED) is 0.600. The zero-order chi connectivity index (χ0) is 21.3. The molecule has 164 valence electrons. The van der Waals surface area contributed by atoms with Crippen LogP contribution in [0.4, 0.5) is 5.95 Å². The lowest BCUT2D eigenvalue weighted by Gasteiger charge is -2.27. The minimum atomic E-state index is -0.108. The Morgan fingerprint density at radius 3 is 2.80 bits per heavy atom. The van der Waals surface area contributed by atoms with Crippen molar-refractivity contribution in [3.8, 4) is 11.5 Å². The van der Waals surface area contributed by atoms with E-state index in [2.05, 4.69) is 27.8 Å². The molecular weight excluding hydrogens is 412 g/mol. The predicted octanol–water partition coefficient (Wildman–Crippen LogP) is 1.98. The van der Waals surface area contributed by atoms with E-state index in [0.717, 1.165) is 18.5 Å². The van der Waals surface area contributed by atoms with Crippen LogP contribution in [0.2, 0.25) is 5.02 Å². The van der Waals surface area contributed by atoms with E-state index in [1.54, 1.807) is 15.6 Å². The lowest BCUT2D eigenvalue weighted by Crippen LogP contribution is -2.43. The van der Waals surface area contributed by atoms with Crippen LogP contribution in [0.3, 0.4) is 0 Å². The van der Waals surface area contributed by atoms with E-state index >= 15 is 0 Å². The number of benzene rings is 1. The second-order valence-corrected chi connectivity index (χ2v) is 7.11. The Bertz CT molecular complexity index is 840. The number of ether oxygens (including phenoxy) is 3. The normalized spacial score (nSPS) is 13.9. The SMILES string of the molecule is CCCn1nnnc1NCc1cc(Cl)c(OCC(=O)N2CCOCC2)c(OCC)c1. The van der Waals surface area contributed by atoms with Gasteiger partial charge < -0.3 is 24.4 Å². The molecular formula is C19H27ClN6O4. The van der Waals surface area contributed by atoms with E-state index in [9.17, 15) is 4.79 Å². The number of hydrogen-bond acceptors (Lipinski definition) is 8. The van der Waals surface area contributed by atoms with E-state index in [-0.39, 0.29) is 12.5 Å². The van der Waals surface area contributed by atoms with Crippen molar-refractivity contribution in [2.75, 3.05) is 44.8 Å². The van der Waals surface area contributed by atoms with Crippen molar-refractivity contribution in [1.29, 1.82) is 0 Å². The summed E-state index contributed by atoms with van der Waals surface area (Å²) in [6, 6.07) is 3.62. The van der Waals surface area contributed by atoms with Gasteiger partial charge in [0, 0.05) is 26.2 Å².